The molecule has 1 saturated carbocycles. The molecular formula is C12H19N3O2S. The van der Waals surface area contributed by atoms with Crippen molar-refractivity contribution in [3.8, 4) is 0 Å². The van der Waals surface area contributed by atoms with Gasteiger partial charge < -0.3 is 5.32 Å². The van der Waals surface area contributed by atoms with Crippen molar-refractivity contribution in [2.24, 2.45) is 5.92 Å². The van der Waals surface area contributed by atoms with Gasteiger partial charge in [-0.1, -0.05) is 13.3 Å². The van der Waals surface area contributed by atoms with Gasteiger partial charge in [0.25, 0.3) is 0 Å². The van der Waals surface area contributed by atoms with Gasteiger partial charge >= 0.3 is 0 Å². The van der Waals surface area contributed by atoms with E-state index in [1.165, 1.54) is 6.20 Å². The number of anilines is 1. The predicted octanol–water partition coefficient (Wildman–Crippen LogP) is 1.59. The van der Waals surface area contributed by atoms with Gasteiger partial charge in [-0.3, -0.25) is 4.98 Å². The number of rotatable bonds is 6. The molecule has 1 heterocycles. The van der Waals surface area contributed by atoms with E-state index in [0.29, 0.717) is 11.6 Å². The summed E-state index contributed by atoms with van der Waals surface area (Å²) in [5.74, 6) is 0.500. The molecule has 100 valence electrons. The zero-order valence-corrected chi connectivity index (χ0v) is 11.5. The minimum atomic E-state index is -3.47. The number of pyridine rings is 1. The van der Waals surface area contributed by atoms with Crippen molar-refractivity contribution in [3.63, 3.8) is 0 Å². The Bertz CT molecular complexity index is 516. The summed E-state index contributed by atoms with van der Waals surface area (Å²) in [4.78, 5) is 4.10. The summed E-state index contributed by atoms with van der Waals surface area (Å²) in [7, 11) is -1.77. The number of sulfonamides is 1. The highest BCUT2D eigenvalue weighted by molar-refractivity contribution is 7.89. The number of hydrogen-bond acceptors (Lipinski definition) is 4. The van der Waals surface area contributed by atoms with Crippen molar-refractivity contribution in [1.29, 1.82) is 0 Å². The maximum atomic E-state index is 12.2. The van der Waals surface area contributed by atoms with E-state index >= 15 is 0 Å². The first-order valence-corrected chi connectivity index (χ1v) is 7.71. The van der Waals surface area contributed by atoms with Crippen LogP contribution in [0.15, 0.2) is 23.4 Å². The van der Waals surface area contributed by atoms with Crippen molar-refractivity contribution in [2.75, 3.05) is 12.4 Å². The molecule has 5 nitrogen and oxygen atoms in total. The average molecular weight is 269 g/mol. The van der Waals surface area contributed by atoms with E-state index in [4.69, 9.17) is 0 Å². The zero-order valence-electron chi connectivity index (χ0n) is 10.7. The Balaban J connectivity index is 2.12. The molecule has 18 heavy (non-hydrogen) atoms. The lowest BCUT2D eigenvalue weighted by Crippen LogP contribution is -2.27. The van der Waals surface area contributed by atoms with Crippen LogP contribution in [-0.4, -0.2) is 26.5 Å². The van der Waals surface area contributed by atoms with Gasteiger partial charge in [-0.25, -0.2) is 13.1 Å². The SMILES string of the molecule is CCCC1CC1NS(=O)(=O)c1cnccc1NC. The van der Waals surface area contributed by atoms with Crippen LogP contribution in [0.1, 0.15) is 26.2 Å². The summed E-state index contributed by atoms with van der Waals surface area (Å²) in [6.45, 7) is 2.12. The summed E-state index contributed by atoms with van der Waals surface area (Å²) in [6.07, 6.45) is 6.08. The average Bonchev–Trinajstić information content (AvgIpc) is 3.07. The number of aromatic nitrogens is 1. The van der Waals surface area contributed by atoms with E-state index < -0.39 is 10.0 Å². The molecule has 6 heteroatoms. The largest absolute Gasteiger partial charge is 0.387 e. The molecule has 1 aliphatic rings. The molecule has 0 saturated heterocycles. The molecule has 0 radical (unpaired) electrons. The topological polar surface area (TPSA) is 71.1 Å². The zero-order chi connectivity index (χ0) is 13.2. The molecule has 2 N–H and O–H groups in total. The van der Waals surface area contributed by atoms with E-state index in [1.807, 2.05) is 0 Å². The molecule has 1 aromatic heterocycles. The normalized spacial score (nSPS) is 22.8. The van der Waals surface area contributed by atoms with E-state index in [9.17, 15) is 8.42 Å². The minimum Gasteiger partial charge on any atom is -0.387 e. The van der Waals surface area contributed by atoms with E-state index in [1.54, 1.807) is 19.3 Å². The predicted molar refractivity (Wildman–Crippen MR) is 70.9 cm³/mol. The Morgan fingerprint density at radius 2 is 2.28 bits per heavy atom. The first kappa shape index (κ1) is 13.3. The van der Waals surface area contributed by atoms with Crippen molar-refractivity contribution in [3.05, 3.63) is 18.5 Å². The van der Waals surface area contributed by atoms with E-state index in [2.05, 4.69) is 21.9 Å². The monoisotopic (exact) mass is 269 g/mol. The van der Waals surface area contributed by atoms with Crippen molar-refractivity contribution >= 4 is 15.7 Å². The van der Waals surface area contributed by atoms with Crippen molar-refractivity contribution < 1.29 is 8.42 Å². The smallest absolute Gasteiger partial charge is 0.244 e. The highest BCUT2D eigenvalue weighted by Gasteiger charge is 2.39. The van der Waals surface area contributed by atoms with Crippen LogP contribution in [0, 0.1) is 5.92 Å². The van der Waals surface area contributed by atoms with Gasteiger partial charge in [0.15, 0.2) is 0 Å². The lowest BCUT2D eigenvalue weighted by atomic mass is 10.2. The lowest BCUT2D eigenvalue weighted by Gasteiger charge is -2.10. The van der Waals surface area contributed by atoms with Gasteiger partial charge in [0.1, 0.15) is 4.90 Å². The highest BCUT2D eigenvalue weighted by Crippen LogP contribution is 2.36. The third-order valence-electron chi connectivity index (χ3n) is 3.23. The number of nitrogens with zero attached hydrogens (tertiary/aromatic N) is 1. The minimum absolute atomic E-state index is 0.0971. The summed E-state index contributed by atoms with van der Waals surface area (Å²) in [5.41, 5.74) is 0.574. The van der Waals surface area contributed by atoms with Crippen LogP contribution in [-0.2, 0) is 10.0 Å². The second-order valence-corrected chi connectivity index (χ2v) is 6.32. The fourth-order valence-corrected chi connectivity index (χ4v) is 3.62. The third-order valence-corrected chi connectivity index (χ3v) is 4.75. The van der Waals surface area contributed by atoms with Gasteiger partial charge in [0.2, 0.25) is 10.0 Å². The van der Waals surface area contributed by atoms with Crippen LogP contribution in [0.4, 0.5) is 5.69 Å². The molecule has 0 spiro atoms. The summed E-state index contributed by atoms with van der Waals surface area (Å²) < 4.78 is 27.2. The Hall–Kier alpha value is -1.14. The molecule has 2 unspecified atom stereocenters. The molecule has 2 atom stereocenters. The third kappa shape index (κ3) is 2.81. The molecule has 0 amide bonds. The second-order valence-electron chi connectivity index (χ2n) is 4.63. The molecule has 1 aliphatic carbocycles. The van der Waals surface area contributed by atoms with Crippen LogP contribution >= 0.6 is 0 Å². The Kier molecular flexibility index (Phi) is 3.87. The van der Waals surface area contributed by atoms with Crippen LogP contribution in [0.3, 0.4) is 0 Å². The molecule has 1 aromatic rings. The van der Waals surface area contributed by atoms with Gasteiger partial charge in [-0.05, 0) is 24.8 Å². The van der Waals surface area contributed by atoms with Crippen LogP contribution in [0.5, 0.6) is 0 Å². The number of hydrogen-bond donors (Lipinski definition) is 2. The number of nitrogens with one attached hydrogen (secondary N) is 2. The highest BCUT2D eigenvalue weighted by atomic mass is 32.2. The second kappa shape index (κ2) is 5.24. The first-order chi connectivity index (χ1) is 8.58. The summed E-state index contributed by atoms with van der Waals surface area (Å²) in [6, 6.07) is 1.75. The lowest BCUT2D eigenvalue weighted by molar-refractivity contribution is 0.573. The summed E-state index contributed by atoms with van der Waals surface area (Å²) >= 11 is 0. The van der Waals surface area contributed by atoms with Crippen LogP contribution in [0.2, 0.25) is 0 Å². The first-order valence-electron chi connectivity index (χ1n) is 6.22. The molecule has 0 aliphatic heterocycles. The van der Waals surface area contributed by atoms with Crippen LogP contribution in [0.25, 0.3) is 0 Å². The Labute approximate surface area is 108 Å². The fraction of sp³-hybridized carbons (Fsp3) is 0.583. The molecule has 0 bridgehead atoms. The quantitative estimate of drug-likeness (QED) is 0.822. The van der Waals surface area contributed by atoms with Crippen molar-refractivity contribution in [2.45, 2.75) is 37.1 Å². The fourth-order valence-electron chi connectivity index (χ4n) is 2.15. The van der Waals surface area contributed by atoms with Gasteiger partial charge in [-0.15, -0.1) is 0 Å². The Morgan fingerprint density at radius 3 is 2.94 bits per heavy atom. The molecule has 1 fully saturated rings. The molecular weight excluding hydrogens is 250 g/mol. The molecule has 2 rings (SSSR count). The maximum absolute atomic E-state index is 12.2. The van der Waals surface area contributed by atoms with Crippen molar-refractivity contribution in [1.82, 2.24) is 9.71 Å². The molecule has 0 aromatic carbocycles. The van der Waals surface area contributed by atoms with Gasteiger partial charge in [0.05, 0.1) is 5.69 Å². The standard InChI is InChI=1S/C12H19N3O2S/c1-3-4-9-7-11(9)15-18(16,17)12-8-14-6-5-10(12)13-2/h5-6,8-9,11,15H,3-4,7H2,1-2H3,(H,13,14). The van der Waals surface area contributed by atoms with E-state index in [-0.39, 0.29) is 10.9 Å². The van der Waals surface area contributed by atoms with Gasteiger partial charge in [-0.2, -0.15) is 0 Å². The van der Waals surface area contributed by atoms with Gasteiger partial charge in [0, 0.05) is 25.5 Å². The van der Waals surface area contributed by atoms with E-state index in [0.717, 1.165) is 19.3 Å². The summed E-state index contributed by atoms with van der Waals surface area (Å²) in [5, 5.41) is 2.87. The Morgan fingerprint density at radius 1 is 1.50 bits per heavy atom. The maximum Gasteiger partial charge on any atom is 0.244 e. The van der Waals surface area contributed by atoms with Crippen LogP contribution < -0.4 is 10.0 Å².